The third kappa shape index (κ3) is 4.42. The highest BCUT2D eigenvalue weighted by atomic mass is 35.5. The first kappa shape index (κ1) is 15.8. The van der Waals surface area contributed by atoms with Crippen LogP contribution in [0, 0.1) is 5.82 Å². The molecule has 0 heterocycles. The van der Waals surface area contributed by atoms with Crippen molar-refractivity contribution in [2.75, 3.05) is 4.72 Å². The first-order valence-corrected chi connectivity index (χ1v) is 8.16. The average Bonchev–Trinajstić information content (AvgIpc) is 2.42. The number of halogens is 2. The number of sulfonamides is 1. The predicted molar refractivity (Wildman–Crippen MR) is 82.0 cm³/mol. The van der Waals surface area contributed by atoms with E-state index >= 15 is 0 Å². The fourth-order valence-electron chi connectivity index (χ4n) is 1.84. The summed E-state index contributed by atoms with van der Waals surface area (Å²) in [5.74, 6) is -0.800. The first-order valence-electron chi connectivity index (χ1n) is 6.13. The molecule has 4 nitrogen and oxygen atoms in total. The molecule has 7 heteroatoms. The van der Waals surface area contributed by atoms with Crippen molar-refractivity contribution in [2.45, 2.75) is 12.3 Å². The second kappa shape index (κ2) is 6.43. The van der Waals surface area contributed by atoms with Gasteiger partial charge in [0.25, 0.3) is 0 Å². The van der Waals surface area contributed by atoms with E-state index in [0.717, 1.165) is 11.6 Å². The van der Waals surface area contributed by atoms with E-state index in [1.165, 1.54) is 12.1 Å². The van der Waals surface area contributed by atoms with Gasteiger partial charge in [-0.05, 0) is 29.3 Å². The zero-order chi connectivity index (χ0) is 15.5. The molecule has 0 atom stereocenters. The van der Waals surface area contributed by atoms with Gasteiger partial charge in [0.1, 0.15) is 5.82 Å². The van der Waals surface area contributed by atoms with Crippen LogP contribution < -0.4 is 10.5 Å². The van der Waals surface area contributed by atoms with Gasteiger partial charge in [0.2, 0.25) is 10.0 Å². The van der Waals surface area contributed by atoms with Gasteiger partial charge in [-0.25, -0.2) is 12.8 Å². The Hall–Kier alpha value is -1.63. The van der Waals surface area contributed by atoms with Crippen LogP contribution in [0.1, 0.15) is 11.1 Å². The second-order valence-corrected chi connectivity index (χ2v) is 6.64. The van der Waals surface area contributed by atoms with Crippen molar-refractivity contribution < 1.29 is 12.8 Å². The third-order valence-electron chi connectivity index (χ3n) is 2.78. The Labute approximate surface area is 127 Å². The molecule has 21 heavy (non-hydrogen) atoms. The molecule has 2 aromatic rings. The normalized spacial score (nSPS) is 11.4. The highest BCUT2D eigenvalue weighted by Crippen LogP contribution is 2.21. The molecule has 0 bridgehead atoms. The summed E-state index contributed by atoms with van der Waals surface area (Å²) in [6, 6.07) is 10.7. The summed E-state index contributed by atoms with van der Waals surface area (Å²) in [5.41, 5.74) is 7.22. The summed E-state index contributed by atoms with van der Waals surface area (Å²) in [7, 11) is -3.61. The maximum Gasteiger partial charge on any atom is 0.236 e. The maximum atomic E-state index is 13.0. The summed E-state index contributed by atoms with van der Waals surface area (Å²) in [6.45, 7) is 0.342. The van der Waals surface area contributed by atoms with E-state index in [0.29, 0.717) is 12.1 Å². The van der Waals surface area contributed by atoms with Gasteiger partial charge in [-0.2, -0.15) is 0 Å². The fraction of sp³-hybridized carbons (Fsp3) is 0.143. The molecule has 0 fully saturated rings. The van der Waals surface area contributed by atoms with Crippen LogP contribution in [0.2, 0.25) is 5.02 Å². The summed E-state index contributed by atoms with van der Waals surface area (Å²) in [4.78, 5) is 0. The van der Waals surface area contributed by atoms with Crippen molar-refractivity contribution in [1.82, 2.24) is 0 Å². The van der Waals surface area contributed by atoms with Gasteiger partial charge in [0.05, 0.1) is 16.5 Å². The van der Waals surface area contributed by atoms with Crippen molar-refractivity contribution >= 4 is 27.3 Å². The molecule has 112 valence electrons. The van der Waals surface area contributed by atoms with Crippen LogP contribution in [0.25, 0.3) is 0 Å². The van der Waals surface area contributed by atoms with Gasteiger partial charge in [0.15, 0.2) is 0 Å². The molecule has 3 N–H and O–H groups in total. The van der Waals surface area contributed by atoms with Crippen molar-refractivity contribution in [2.24, 2.45) is 5.73 Å². The Morgan fingerprint density at radius 2 is 1.86 bits per heavy atom. The van der Waals surface area contributed by atoms with E-state index in [1.807, 2.05) is 6.07 Å². The van der Waals surface area contributed by atoms with Gasteiger partial charge in [-0.1, -0.05) is 35.9 Å². The van der Waals surface area contributed by atoms with E-state index < -0.39 is 15.8 Å². The fourth-order valence-corrected chi connectivity index (χ4v) is 3.20. The minimum Gasteiger partial charge on any atom is -0.326 e. The van der Waals surface area contributed by atoms with E-state index in [1.54, 1.807) is 18.2 Å². The van der Waals surface area contributed by atoms with Crippen molar-refractivity contribution in [3.8, 4) is 0 Å². The molecular formula is C14H14ClFN2O2S. The summed E-state index contributed by atoms with van der Waals surface area (Å²) in [5, 5.41) is -0.139. The minimum atomic E-state index is -3.61. The Morgan fingerprint density at radius 1 is 1.14 bits per heavy atom. The lowest BCUT2D eigenvalue weighted by Gasteiger charge is -2.09. The van der Waals surface area contributed by atoms with Crippen LogP contribution in [0.15, 0.2) is 42.5 Å². The molecule has 0 unspecified atom stereocenters. The van der Waals surface area contributed by atoms with E-state index in [2.05, 4.69) is 4.72 Å². The van der Waals surface area contributed by atoms with Crippen molar-refractivity contribution in [1.29, 1.82) is 0 Å². The Bertz CT molecular complexity index is 750. The number of hydrogen-bond acceptors (Lipinski definition) is 3. The Balaban J connectivity index is 2.16. The van der Waals surface area contributed by atoms with Crippen LogP contribution in [-0.2, 0) is 22.3 Å². The van der Waals surface area contributed by atoms with Gasteiger partial charge < -0.3 is 5.73 Å². The van der Waals surface area contributed by atoms with Crippen LogP contribution >= 0.6 is 11.6 Å². The Morgan fingerprint density at radius 3 is 2.52 bits per heavy atom. The summed E-state index contributed by atoms with van der Waals surface area (Å²) in [6.07, 6.45) is 0. The molecule has 2 rings (SSSR count). The van der Waals surface area contributed by atoms with E-state index in [4.69, 9.17) is 17.3 Å². The van der Waals surface area contributed by atoms with Crippen molar-refractivity contribution in [3.63, 3.8) is 0 Å². The predicted octanol–water partition coefficient (Wildman–Crippen LogP) is 2.88. The molecule has 0 radical (unpaired) electrons. The SMILES string of the molecule is NCc1cccc(CS(=O)(=O)Nc2ccc(F)c(Cl)c2)c1. The molecule has 0 saturated heterocycles. The zero-order valence-corrected chi connectivity index (χ0v) is 12.6. The minimum absolute atomic E-state index is 0.139. The highest BCUT2D eigenvalue weighted by Gasteiger charge is 2.13. The largest absolute Gasteiger partial charge is 0.326 e. The molecule has 0 aliphatic carbocycles. The smallest absolute Gasteiger partial charge is 0.236 e. The van der Waals surface area contributed by atoms with Gasteiger partial charge in [-0.15, -0.1) is 0 Å². The molecular weight excluding hydrogens is 315 g/mol. The number of nitrogens with one attached hydrogen (secondary N) is 1. The lowest BCUT2D eigenvalue weighted by molar-refractivity contribution is 0.600. The van der Waals surface area contributed by atoms with Gasteiger partial charge in [-0.3, -0.25) is 4.72 Å². The molecule has 0 amide bonds. The van der Waals surface area contributed by atoms with Crippen molar-refractivity contribution in [3.05, 3.63) is 64.4 Å². The summed E-state index contributed by atoms with van der Waals surface area (Å²) >= 11 is 5.62. The van der Waals surface area contributed by atoms with Crippen LogP contribution in [0.5, 0.6) is 0 Å². The molecule has 0 aliphatic rings. The zero-order valence-electron chi connectivity index (χ0n) is 11.0. The van der Waals surface area contributed by atoms with Crippen LogP contribution in [-0.4, -0.2) is 8.42 Å². The number of anilines is 1. The number of nitrogens with two attached hydrogens (primary N) is 1. The Kier molecular flexibility index (Phi) is 4.82. The summed E-state index contributed by atoms with van der Waals surface area (Å²) < 4.78 is 39.6. The lowest BCUT2D eigenvalue weighted by Crippen LogP contribution is -2.15. The monoisotopic (exact) mass is 328 g/mol. The first-order chi connectivity index (χ1) is 9.89. The maximum absolute atomic E-state index is 13.0. The standard InChI is InChI=1S/C14H14ClFN2O2S/c15-13-7-12(4-5-14(13)16)18-21(19,20)9-11-3-1-2-10(6-11)8-17/h1-7,18H,8-9,17H2. The number of rotatable bonds is 5. The molecule has 0 aromatic heterocycles. The van der Waals surface area contributed by atoms with Crippen LogP contribution in [0.3, 0.4) is 0 Å². The van der Waals surface area contributed by atoms with Gasteiger partial charge >= 0.3 is 0 Å². The van der Waals surface area contributed by atoms with E-state index in [-0.39, 0.29) is 16.5 Å². The van der Waals surface area contributed by atoms with Crippen LogP contribution in [0.4, 0.5) is 10.1 Å². The molecule has 2 aromatic carbocycles. The van der Waals surface area contributed by atoms with E-state index in [9.17, 15) is 12.8 Å². The molecule has 0 spiro atoms. The topological polar surface area (TPSA) is 72.2 Å². The number of hydrogen-bond donors (Lipinski definition) is 2. The number of benzene rings is 2. The third-order valence-corrected chi connectivity index (χ3v) is 4.33. The molecule has 0 saturated carbocycles. The molecule has 0 aliphatic heterocycles. The lowest BCUT2D eigenvalue weighted by atomic mass is 10.1. The quantitative estimate of drug-likeness (QED) is 0.886. The van der Waals surface area contributed by atoms with Gasteiger partial charge in [0, 0.05) is 6.54 Å². The second-order valence-electron chi connectivity index (χ2n) is 4.51. The average molecular weight is 329 g/mol. The highest BCUT2D eigenvalue weighted by molar-refractivity contribution is 7.91.